The molecule has 84 valence electrons. The normalized spacial score (nSPS) is 12.7. The molecule has 1 aromatic heterocycles. The first-order valence-electron chi connectivity index (χ1n) is 5.10. The van der Waals surface area contributed by atoms with Crippen LogP contribution in [0.25, 0.3) is 0 Å². The van der Waals surface area contributed by atoms with Gasteiger partial charge in [0.1, 0.15) is 0 Å². The molecule has 2 aromatic rings. The summed E-state index contributed by atoms with van der Waals surface area (Å²) in [7, 11) is 0. The van der Waals surface area contributed by atoms with Gasteiger partial charge < -0.3 is 0 Å². The zero-order chi connectivity index (χ0) is 11.5. The summed E-state index contributed by atoms with van der Waals surface area (Å²) in [6, 6.07) is 12.1. The van der Waals surface area contributed by atoms with E-state index < -0.39 is 0 Å². The molecule has 1 aromatic carbocycles. The number of hydrogen-bond acceptors (Lipinski definition) is 1. The van der Waals surface area contributed by atoms with Gasteiger partial charge in [-0.2, -0.15) is 0 Å². The maximum Gasteiger partial charge on any atom is 0.0718 e. The van der Waals surface area contributed by atoms with E-state index in [1.807, 2.05) is 24.3 Å². The summed E-state index contributed by atoms with van der Waals surface area (Å²) in [5, 5.41) is 0.821. The molecule has 0 bridgehead atoms. The molecule has 0 aliphatic carbocycles. The Kier molecular flexibility index (Phi) is 3.91. The predicted molar refractivity (Wildman–Crippen MR) is 72.8 cm³/mol. The molecular formula is C13H12Cl2S. The highest BCUT2D eigenvalue weighted by atomic mass is 35.5. The smallest absolute Gasteiger partial charge is 0.0718 e. The molecule has 0 N–H and O–H groups in total. The third-order valence-electron chi connectivity index (χ3n) is 2.40. The van der Waals surface area contributed by atoms with Gasteiger partial charge in [0.2, 0.25) is 0 Å². The van der Waals surface area contributed by atoms with Crippen LogP contribution in [-0.4, -0.2) is 0 Å². The van der Waals surface area contributed by atoms with Gasteiger partial charge in [-0.05, 0) is 43.2 Å². The van der Waals surface area contributed by atoms with Gasteiger partial charge in [0.05, 0.1) is 5.38 Å². The van der Waals surface area contributed by atoms with Gasteiger partial charge in [-0.15, -0.1) is 22.9 Å². The molecule has 16 heavy (non-hydrogen) atoms. The van der Waals surface area contributed by atoms with E-state index in [0.717, 1.165) is 11.4 Å². The first-order valence-corrected chi connectivity index (χ1v) is 6.73. The van der Waals surface area contributed by atoms with Crippen molar-refractivity contribution in [3.63, 3.8) is 0 Å². The number of benzene rings is 1. The van der Waals surface area contributed by atoms with Gasteiger partial charge in [-0.25, -0.2) is 0 Å². The highest BCUT2D eigenvalue weighted by Gasteiger charge is 2.10. The second-order valence-electron chi connectivity index (χ2n) is 3.75. The van der Waals surface area contributed by atoms with Crippen molar-refractivity contribution in [2.24, 2.45) is 0 Å². The van der Waals surface area contributed by atoms with Crippen LogP contribution in [-0.2, 0) is 6.42 Å². The van der Waals surface area contributed by atoms with Gasteiger partial charge in [0.15, 0.2) is 0 Å². The second-order valence-corrected chi connectivity index (χ2v) is 6.03. The fraction of sp³-hybridized carbons (Fsp3) is 0.231. The first kappa shape index (κ1) is 12.0. The van der Waals surface area contributed by atoms with Crippen molar-refractivity contribution >= 4 is 34.5 Å². The van der Waals surface area contributed by atoms with Crippen LogP contribution in [0, 0.1) is 6.92 Å². The fourth-order valence-corrected chi connectivity index (χ4v) is 2.92. The number of alkyl halides is 1. The van der Waals surface area contributed by atoms with Gasteiger partial charge in [-0.3, -0.25) is 0 Å². The molecule has 0 saturated carbocycles. The quantitative estimate of drug-likeness (QED) is 0.670. The van der Waals surface area contributed by atoms with E-state index >= 15 is 0 Å². The zero-order valence-corrected chi connectivity index (χ0v) is 11.2. The molecular weight excluding hydrogens is 259 g/mol. The Morgan fingerprint density at radius 3 is 2.38 bits per heavy atom. The van der Waals surface area contributed by atoms with E-state index in [-0.39, 0.29) is 5.38 Å². The molecule has 0 fully saturated rings. The second kappa shape index (κ2) is 5.22. The average Bonchev–Trinajstić information content (AvgIpc) is 2.68. The maximum atomic E-state index is 6.37. The summed E-state index contributed by atoms with van der Waals surface area (Å²) in [4.78, 5) is 2.53. The van der Waals surface area contributed by atoms with Crippen molar-refractivity contribution in [3.8, 4) is 0 Å². The highest BCUT2D eigenvalue weighted by molar-refractivity contribution is 7.12. The molecule has 0 spiro atoms. The molecule has 0 saturated heterocycles. The Balaban J connectivity index is 2.07. The predicted octanol–water partition coefficient (Wildman–Crippen LogP) is 5.23. The molecule has 3 heteroatoms. The monoisotopic (exact) mass is 270 g/mol. The largest absolute Gasteiger partial charge is 0.144 e. The lowest BCUT2D eigenvalue weighted by atomic mass is 10.1. The molecule has 2 rings (SSSR count). The summed E-state index contributed by atoms with van der Waals surface area (Å²) < 4.78 is 0. The molecule has 0 radical (unpaired) electrons. The van der Waals surface area contributed by atoms with E-state index in [2.05, 4.69) is 19.1 Å². The van der Waals surface area contributed by atoms with E-state index in [1.165, 1.54) is 15.3 Å². The van der Waals surface area contributed by atoms with Crippen molar-refractivity contribution in [1.29, 1.82) is 0 Å². The Labute approximate surface area is 110 Å². The molecule has 0 aliphatic heterocycles. The molecule has 1 unspecified atom stereocenters. The van der Waals surface area contributed by atoms with Crippen LogP contribution in [0.15, 0.2) is 36.4 Å². The van der Waals surface area contributed by atoms with Crippen molar-refractivity contribution in [3.05, 3.63) is 56.7 Å². The molecule has 0 nitrogen and oxygen atoms in total. The Morgan fingerprint density at radius 2 is 1.81 bits per heavy atom. The minimum Gasteiger partial charge on any atom is -0.144 e. The van der Waals surface area contributed by atoms with Gasteiger partial charge in [0, 0.05) is 14.8 Å². The van der Waals surface area contributed by atoms with Crippen LogP contribution in [0.1, 0.15) is 20.7 Å². The van der Waals surface area contributed by atoms with Crippen molar-refractivity contribution < 1.29 is 0 Å². The third-order valence-corrected chi connectivity index (χ3v) is 4.28. The van der Waals surface area contributed by atoms with Crippen LogP contribution in [0.4, 0.5) is 0 Å². The fourth-order valence-electron chi connectivity index (χ4n) is 1.55. The summed E-state index contributed by atoms with van der Waals surface area (Å²) in [5.74, 6) is 0. The van der Waals surface area contributed by atoms with Crippen molar-refractivity contribution in [2.45, 2.75) is 18.7 Å². The average molecular weight is 271 g/mol. The topological polar surface area (TPSA) is 0 Å². The number of aryl methyl sites for hydroxylation is 1. The van der Waals surface area contributed by atoms with Crippen molar-refractivity contribution in [1.82, 2.24) is 0 Å². The van der Waals surface area contributed by atoms with Crippen LogP contribution in [0.5, 0.6) is 0 Å². The third kappa shape index (κ3) is 3.00. The molecule has 1 heterocycles. The number of thiophene rings is 1. The lowest BCUT2D eigenvalue weighted by Crippen LogP contribution is -1.92. The first-order chi connectivity index (χ1) is 7.65. The zero-order valence-electron chi connectivity index (χ0n) is 8.91. The Morgan fingerprint density at radius 1 is 1.12 bits per heavy atom. The van der Waals surface area contributed by atoms with Crippen LogP contribution in [0.3, 0.4) is 0 Å². The summed E-state index contributed by atoms with van der Waals surface area (Å²) in [5.41, 5.74) is 1.22. The maximum absolute atomic E-state index is 6.37. The molecule has 0 aliphatic rings. The standard InChI is InChI=1S/C13H12Cl2S/c1-9-2-7-13(16-9)12(15)8-10-3-5-11(14)6-4-10/h2-7,12H,8H2,1H3. The van der Waals surface area contributed by atoms with Crippen LogP contribution in [0.2, 0.25) is 5.02 Å². The number of hydrogen-bond donors (Lipinski definition) is 0. The minimum atomic E-state index is 0.0554. The summed E-state index contributed by atoms with van der Waals surface area (Å²) in [6.45, 7) is 2.10. The summed E-state index contributed by atoms with van der Waals surface area (Å²) >= 11 is 14.0. The number of halogens is 2. The SMILES string of the molecule is Cc1ccc(C(Cl)Cc2ccc(Cl)cc2)s1. The van der Waals surface area contributed by atoms with E-state index in [4.69, 9.17) is 23.2 Å². The lowest BCUT2D eigenvalue weighted by molar-refractivity contribution is 0.940. The number of rotatable bonds is 3. The Bertz CT molecular complexity index is 459. The van der Waals surface area contributed by atoms with Gasteiger partial charge in [0.25, 0.3) is 0 Å². The van der Waals surface area contributed by atoms with E-state index in [9.17, 15) is 0 Å². The van der Waals surface area contributed by atoms with E-state index in [0.29, 0.717) is 0 Å². The van der Waals surface area contributed by atoms with Crippen LogP contribution < -0.4 is 0 Å². The lowest BCUT2D eigenvalue weighted by Gasteiger charge is -2.07. The van der Waals surface area contributed by atoms with Gasteiger partial charge in [-0.1, -0.05) is 23.7 Å². The molecule has 1 atom stereocenters. The minimum absolute atomic E-state index is 0.0554. The highest BCUT2D eigenvalue weighted by Crippen LogP contribution is 2.30. The molecule has 0 amide bonds. The van der Waals surface area contributed by atoms with Crippen LogP contribution >= 0.6 is 34.5 Å². The Hall–Kier alpha value is -0.500. The van der Waals surface area contributed by atoms with E-state index in [1.54, 1.807) is 11.3 Å². The van der Waals surface area contributed by atoms with Crippen molar-refractivity contribution in [2.75, 3.05) is 0 Å². The summed E-state index contributed by atoms with van der Waals surface area (Å²) in [6.07, 6.45) is 0.846. The van der Waals surface area contributed by atoms with Gasteiger partial charge >= 0.3 is 0 Å².